The normalized spacial score (nSPS) is 20.7. The van der Waals surface area contributed by atoms with Gasteiger partial charge in [-0.1, -0.05) is 41.4 Å². The first kappa shape index (κ1) is 21.5. The lowest BCUT2D eigenvalue weighted by molar-refractivity contribution is -1.09. The summed E-state index contributed by atoms with van der Waals surface area (Å²) in [5.41, 5.74) is 2.85. The summed E-state index contributed by atoms with van der Waals surface area (Å²) >= 11 is 13.8. The highest BCUT2D eigenvalue weighted by Gasteiger charge is 2.29. The summed E-state index contributed by atoms with van der Waals surface area (Å²) in [5, 5.41) is 11.1. The number of piperazine rings is 1. The largest absolute Gasteiger partial charge is 0.360 e. The van der Waals surface area contributed by atoms with Crippen molar-refractivity contribution in [2.24, 2.45) is 0 Å². The molecule has 2 saturated heterocycles. The maximum atomic E-state index is 13.2. The van der Waals surface area contributed by atoms with Crippen LogP contribution < -0.4 is 9.80 Å². The fourth-order valence-corrected chi connectivity index (χ4v) is 4.95. The molecule has 2 aromatic carbocycles. The van der Waals surface area contributed by atoms with Crippen LogP contribution in [0.3, 0.4) is 0 Å². The van der Waals surface area contributed by atoms with Crippen molar-refractivity contribution in [2.45, 2.75) is 0 Å². The number of halogens is 2. The van der Waals surface area contributed by atoms with E-state index in [9.17, 15) is 10.0 Å². The summed E-state index contributed by atoms with van der Waals surface area (Å²) < 4.78 is 0.0483. The Kier molecular flexibility index (Phi) is 6.32. The van der Waals surface area contributed by atoms with Crippen LogP contribution in [0, 0.1) is 0 Å². The number of benzene rings is 2. The van der Waals surface area contributed by atoms with E-state index in [4.69, 9.17) is 23.2 Å². The Morgan fingerprint density at radius 3 is 2.53 bits per heavy atom. The van der Waals surface area contributed by atoms with Gasteiger partial charge in [-0.2, -0.15) is 4.65 Å². The number of hydrogen-bond acceptors (Lipinski definition) is 4. The second-order valence-electron chi connectivity index (χ2n) is 7.74. The van der Waals surface area contributed by atoms with Crippen molar-refractivity contribution < 1.29 is 14.6 Å². The van der Waals surface area contributed by atoms with Gasteiger partial charge in [0.25, 0.3) is 5.91 Å². The molecule has 5 nitrogen and oxygen atoms in total. The summed E-state index contributed by atoms with van der Waals surface area (Å²) in [6.45, 7) is 3.50. The third-order valence-corrected chi connectivity index (χ3v) is 7.24. The molecule has 4 rings (SSSR count). The van der Waals surface area contributed by atoms with E-state index in [1.54, 1.807) is 28.8 Å². The minimum Gasteiger partial charge on any atom is -0.360 e. The molecule has 158 valence electrons. The van der Waals surface area contributed by atoms with Gasteiger partial charge in [0.05, 0.1) is 35.1 Å². The molecule has 2 fully saturated rings. The first-order valence-corrected chi connectivity index (χ1v) is 11.6. The van der Waals surface area contributed by atoms with Gasteiger partial charge in [-0.15, -0.1) is 11.8 Å². The lowest BCUT2D eigenvalue weighted by Crippen LogP contribution is -2.55. The molecule has 2 aliphatic heterocycles. The molecule has 2 aromatic rings. The first-order valence-electron chi connectivity index (χ1n) is 9.87. The first-order chi connectivity index (χ1) is 14.3. The summed E-state index contributed by atoms with van der Waals surface area (Å²) in [6, 6.07) is 13.4. The molecule has 0 radical (unpaired) electrons. The molecular formula is C22H24Cl2N3O2S+. The average Bonchev–Trinajstić information content (AvgIpc) is 2.72. The minimum absolute atomic E-state index is 0.0299. The number of quaternary nitrogens is 1. The molecule has 0 bridgehead atoms. The number of thioether (sulfide) groups is 1. The van der Waals surface area contributed by atoms with Gasteiger partial charge in [-0.05, 0) is 35.9 Å². The van der Waals surface area contributed by atoms with E-state index in [1.807, 2.05) is 37.4 Å². The molecule has 0 spiro atoms. The van der Waals surface area contributed by atoms with Crippen molar-refractivity contribution in [3.8, 4) is 0 Å². The average molecular weight is 465 g/mol. The monoisotopic (exact) mass is 464 g/mol. The van der Waals surface area contributed by atoms with E-state index in [0.717, 1.165) is 35.8 Å². The minimum atomic E-state index is -0.0299. The van der Waals surface area contributed by atoms with Crippen LogP contribution >= 0.6 is 35.0 Å². The Morgan fingerprint density at radius 1 is 1.07 bits per heavy atom. The maximum absolute atomic E-state index is 13.2. The van der Waals surface area contributed by atoms with Crippen molar-refractivity contribution in [3.63, 3.8) is 0 Å². The number of anilines is 2. The number of carbonyl (C=O) groups excluding carboxylic acids is 1. The zero-order valence-corrected chi connectivity index (χ0v) is 19.1. The zero-order valence-electron chi connectivity index (χ0n) is 16.7. The van der Waals surface area contributed by atoms with Crippen molar-refractivity contribution >= 4 is 58.3 Å². The Hall–Kier alpha value is -1.70. The van der Waals surface area contributed by atoms with Gasteiger partial charge in [0, 0.05) is 23.7 Å². The summed E-state index contributed by atoms with van der Waals surface area (Å²) in [4.78, 5) is 17.9. The van der Waals surface area contributed by atoms with E-state index < -0.39 is 0 Å². The number of amides is 1. The number of likely N-dealkylation sites (N-methyl/N-ethyl adjacent to an activating group) is 1. The lowest BCUT2D eigenvalue weighted by atomic mass is 10.1. The third kappa shape index (κ3) is 4.63. The Morgan fingerprint density at radius 2 is 1.80 bits per heavy atom. The molecular weight excluding hydrogens is 441 g/mol. The SMILES string of the molecule is C[N+]1(O)CCN(c2ccccc2C=C2SCCN(c3ccc(Cl)c(Cl)c3)C2=O)CC1. The predicted molar refractivity (Wildman–Crippen MR) is 126 cm³/mol. The number of rotatable bonds is 3. The highest BCUT2D eigenvalue weighted by atomic mass is 35.5. The van der Waals surface area contributed by atoms with E-state index in [-0.39, 0.29) is 10.6 Å². The van der Waals surface area contributed by atoms with Crippen LogP contribution in [0.25, 0.3) is 6.08 Å². The van der Waals surface area contributed by atoms with Crippen molar-refractivity contribution in [3.05, 3.63) is 63.0 Å². The van der Waals surface area contributed by atoms with Crippen molar-refractivity contribution in [1.29, 1.82) is 0 Å². The smallest absolute Gasteiger partial charge is 0.264 e. The Labute approximate surface area is 191 Å². The summed E-state index contributed by atoms with van der Waals surface area (Å²) in [7, 11) is 1.83. The highest BCUT2D eigenvalue weighted by molar-refractivity contribution is 8.04. The molecule has 30 heavy (non-hydrogen) atoms. The number of hydroxylamine groups is 3. The number of carbonyl (C=O) groups is 1. The molecule has 2 heterocycles. The van der Waals surface area contributed by atoms with Crippen molar-refractivity contribution in [2.75, 3.05) is 55.3 Å². The van der Waals surface area contributed by atoms with Crippen LogP contribution in [0.5, 0.6) is 0 Å². The molecule has 0 unspecified atom stereocenters. The third-order valence-electron chi connectivity index (χ3n) is 5.51. The fraction of sp³-hybridized carbons (Fsp3) is 0.318. The van der Waals surface area contributed by atoms with Gasteiger partial charge >= 0.3 is 0 Å². The van der Waals surface area contributed by atoms with E-state index >= 15 is 0 Å². The molecule has 1 amide bonds. The van der Waals surface area contributed by atoms with Crippen LogP contribution in [0.4, 0.5) is 11.4 Å². The lowest BCUT2D eigenvalue weighted by Gasteiger charge is -2.37. The van der Waals surface area contributed by atoms with Gasteiger partial charge < -0.3 is 9.80 Å². The second-order valence-corrected chi connectivity index (χ2v) is 9.70. The number of nitrogens with zero attached hydrogens (tertiary/aromatic N) is 3. The van der Waals surface area contributed by atoms with E-state index in [2.05, 4.69) is 11.0 Å². The molecule has 1 N–H and O–H groups in total. The topological polar surface area (TPSA) is 43.8 Å². The quantitative estimate of drug-likeness (QED) is 0.524. The molecule has 8 heteroatoms. The highest BCUT2D eigenvalue weighted by Crippen LogP contribution is 2.34. The van der Waals surface area contributed by atoms with E-state index in [0.29, 0.717) is 34.6 Å². The van der Waals surface area contributed by atoms with Gasteiger partial charge in [0.2, 0.25) is 0 Å². The molecule has 0 aliphatic carbocycles. The standard InChI is InChI=1S/C22H24Cl2N3O2S/c1-27(29)11-8-25(9-12-27)20-5-3-2-4-16(20)14-21-22(28)26(10-13-30-21)17-6-7-18(23)19(24)15-17/h2-7,14-15,29H,8-13H2,1H3/q+1. The molecule has 0 saturated carbocycles. The second kappa shape index (κ2) is 8.81. The van der Waals surface area contributed by atoms with Crippen LogP contribution in [0.15, 0.2) is 47.4 Å². The van der Waals surface area contributed by atoms with Crippen LogP contribution in [0.2, 0.25) is 10.0 Å². The van der Waals surface area contributed by atoms with Gasteiger partial charge in [0.15, 0.2) is 0 Å². The Balaban J connectivity index is 1.60. The molecule has 2 aliphatic rings. The number of hydrogen-bond donors (Lipinski definition) is 1. The van der Waals surface area contributed by atoms with Gasteiger partial charge in [0.1, 0.15) is 13.1 Å². The van der Waals surface area contributed by atoms with Gasteiger partial charge in [-0.25, -0.2) is 5.21 Å². The zero-order chi connectivity index (χ0) is 21.3. The summed E-state index contributed by atoms with van der Waals surface area (Å²) in [6.07, 6.45) is 1.98. The van der Waals surface area contributed by atoms with Crippen LogP contribution in [-0.4, -0.2) is 61.3 Å². The van der Waals surface area contributed by atoms with Crippen molar-refractivity contribution in [1.82, 2.24) is 0 Å². The molecule has 0 aromatic heterocycles. The predicted octanol–water partition coefficient (Wildman–Crippen LogP) is 4.77. The fourth-order valence-electron chi connectivity index (χ4n) is 3.72. The van der Waals surface area contributed by atoms with E-state index in [1.165, 1.54) is 0 Å². The molecule has 0 atom stereocenters. The number of para-hydroxylation sites is 1. The summed E-state index contributed by atoms with van der Waals surface area (Å²) in [5.74, 6) is 0.780. The van der Waals surface area contributed by atoms with Crippen LogP contribution in [0.1, 0.15) is 5.56 Å². The van der Waals surface area contributed by atoms with Crippen LogP contribution in [-0.2, 0) is 4.79 Å². The Bertz CT molecular complexity index is 986. The van der Waals surface area contributed by atoms with Gasteiger partial charge in [-0.3, -0.25) is 4.79 Å². The maximum Gasteiger partial charge on any atom is 0.264 e.